The van der Waals surface area contributed by atoms with Crippen molar-refractivity contribution >= 4 is 33.0 Å². The molecule has 0 saturated heterocycles. The van der Waals surface area contributed by atoms with E-state index in [0.717, 1.165) is 15.6 Å². The lowest BCUT2D eigenvalue weighted by Gasteiger charge is -2.11. The molecule has 2 aromatic rings. The molecule has 0 spiro atoms. The van der Waals surface area contributed by atoms with Gasteiger partial charge in [-0.2, -0.15) is 0 Å². The van der Waals surface area contributed by atoms with Gasteiger partial charge in [-0.3, -0.25) is 9.59 Å². The van der Waals surface area contributed by atoms with Crippen molar-refractivity contribution in [2.45, 2.75) is 6.54 Å². The van der Waals surface area contributed by atoms with E-state index in [1.807, 2.05) is 7.05 Å². The highest BCUT2D eigenvalue weighted by molar-refractivity contribution is 9.10. The van der Waals surface area contributed by atoms with E-state index in [-0.39, 0.29) is 0 Å². The SMILES string of the molecule is C=Cc1c(Br)cc2[nH]c(=O)c(=O)[nH]c2c1CNC. The molecule has 18 heavy (non-hydrogen) atoms. The molecule has 0 atom stereocenters. The number of aromatic amines is 2. The standard InChI is InChI=1S/C12H12BrN3O2/c1-3-6-7(5-14-2)10-9(4-8(6)13)15-11(17)12(18)16-10/h3-4,14H,1,5H2,2H3,(H,15,17)(H,16,18). The summed E-state index contributed by atoms with van der Waals surface area (Å²) >= 11 is 3.43. The summed E-state index contributed by atoms with van der Waals surface area (Å²) < 4.78 is 0.818. The molecule has 1 heterocycles. The van der Waals surface area contributed by atoms with E-state index in [9.17, 15) is 9.59 Å². The number of fused-ring (bicyclic) bond motifs is 1. The molecule has 0 aliphatic heterocycles. The van der Waals surface area contributed by atoms with E-state index in [1.54, 1.807) is 12.1 Å². The molecule has 0 aliphatic carbocycles. The largest absolute Gasteiger partial charge is 0.316 e. The highest BCUT2D eigenvalue weighted by atomic mass is 79.9. The maximum absolute atomic E-state index is 11.4. The van der Waals surface area contributed by atoms with Crippen LogP contribution in [-0.2, 0) is 6.54 Å². The number of benzene rings is 1. The summed E-state index contributed by atoms with van der Waals surface area (Å²) in [5.41, 5.74) is 1.66. The number of aromatic nitrogens is 2. The van der Waals surface area contributed by atoms with E-state index in [4.69, 9.17) is 0 Å². The van der Waals surface area contributed by atoms with Crippen LogP contribution in [0.3, 0.4) is 0 Å². The van der Waals surface area contributed by atoms with Crippen molar-refractivity contribution in [1.82, 2.24) is 15.3 Å². The molecule has 6 heteroatoms. The summed E-state index contributed by atoms with van der Waals surface area (Å²) in [6.07, 6.45) is 1.71. The van der Waals surface area contributed by atoms with Crippen LogP contribution in [0.25, 0.3) is 17.1 Å². The van der Waals surface area contributed by atoms with Crippen LogP contribution in [0, 0.1) is 0 Å². The number of hydrogen-bond donors (Lipinski definition) is 3. The van der Waals surface area contributed by atoms with Gasteiger partial charge in [0.1, 0.15) is 0 Å². The van der Waals surface area contributed by atoms with Crippen molar-refractivity contribution in [3.8, 4) is 0 Å². The second-order valence-corrected chi connectivity index (χ2v) is 4.67. The first-order valence-corrected chi connectivity index (χ1v) is 6.12. The minimum atomic E-state index is -0.656. The molecule has 2 rings (SSSR count). The number of rotatable bonds is 3. The Hall–Kier alpha value is -1.66. The third kappa shape index (κ3) is 2.04. The number of hydrogen-bond acceptors (Lipinski definition) is 3. The fourth-order valence-corrected chi connectivity index (χ4v) is 2.52. The van der Waals surface area contributed by atoms with Gasteiger partial charge in [0, 0.05) is 11.0 Å². The zero-order chi connectivity index (χ0) is 13.3. The average Bonchev–Trinajstić information content (AvgIpc) is 2.32. The minimum absolute atomic E-state index is 0.555. The van der Waals surface area contributed by atoms with Gasteiger partial charge < -0.3 is 15.3 Å². The van der Waals surface area contributed by atoms with Crippen LogP contribution >= 0.6 is 15.9 Å². The van der Waals surface area contributed by atoms with E-state index >= 15 is 0 Å². The lowest BCUT2D eigenvalue weighted by molar-refractivity contribution is 0.818. The third-order valence-electron chi connectivity index (χ3n) is 2.68. The Kier molecular flexibility index (Phi) is 3.49. The molecule has 0 radical (unpaired) electrons. The lowest BCUT2D eigenvalue weighted by atomic mass is 10.1. The van der Waals surface area contributed by atoms with Gasteiger partial charge in [-0.1, -0.05) is 28.6 Å². The normalized spacial score (nSPS) is 10.8. The maximum atomic E-state index is 11.4. The first-order valence-electron chi connectivity index (χ1n) is 5.33. The van der Waals surface area contributed by atoms with E-state index < -0.39 is 11.1 Å². The average molecular weight is 310 g/mol. The van der Waals surface area contributed by atoms with Gasteiger partial charge >= 0.3 is 11.1 Å². The topological polar surface area (TPSA) is 77.8 Å². The Morgan fingerprint density at radius 2 is 2.06 bits per heavy atom. The molecule has 0 unspecified atom stereocenters. The van der Waals surface area contributed by atoms with Crippen LogP contribution in [0.5, 0.6) is 0 Å². The number of nitrogens with one attached hydrogen (secondary N) is 3. The highest BCUT2D eigenvalue weighted by Crippen LogP contribution is 2.27. The predicted molar refractivity (Wildman–Crippen MR) is 75.7 cm³/mol. The third-order valence-corrected chi connectivity index (χ3v) is 3.33. The minimum Gasteiger partial charge on any atom is -0.316 e. The van der Waals surface area contributed by atoms with Crippen molar-refractivity contribution in [3.63, 3.8) is 0 Å². The number of halogens is 1. The molecule has 0 amide bonds. The van der Waals surface area contributed by atoms with E-state index in [1.165, 1.54) is 0 Å². The predicted octanol–water partition coefficient (Wildman–Crippen LogP) is 1.34. The molecule has 0 bridgehead atoms. The molecule has 1 aromatic heterocycles. The monoisotopic (exact) mass is 309 g/mol. The van der Waals surface area contributed by atoms with Gasteiger partial charge in [0.2, 0.25) is 0 Å². The Balaban J connectivity index is 2.96. The summed E-state index contributed by atoms with van der Waals surface area (Å²) in [6, 6.07) is 1.75. The van der Waals surface area contributed by atoms with Gasteiger partial charge in [0.05, 0.1) is 11.0 Å². The van der Waals surface area contributed by atoms with Crippen molar-refractivity contribution in [2.24, 2.45) is 0 Å². The van der Waals surface area contributed by atoms with Crippen molar-refractivity contribution in [3.05, 3.63) is 49.0 Å². The quantitative estimate of drug-likeness (QED) is 0.749. The van der Waals surface area contributed by atoms with Crippen LogP contribution in [0.15, 0.2) is 26.7 Å². The summed E-state index contributed by atoms with van der Waals surface area (Å²) in [6.45, 7) is 4.31. The summed E-state index contributed by atoms with van der Waals surface area (Å²) in [5.74, 6) is 0. The zero-order valence-electron chi connectivity index (χ0n) is 9.76. The smallest absolute Gasteiger partial charge is 0.314 e. The number of H-pyrrole nitrogens is 2. The Labute approximate surface area is 111 Å². The van der Waals surface area contributed by atoms with Crippen LogP contribution in [-0.4, -0.2) is 17.0 Å². The van der Waals surface area contributed by atoms with Crippen LogP contribution in [0.1, 0.15) is 11.1 Å². The van der Waals surface area contributed by atoms with Gasteiger partial charge in [-0.05, 0) is 24.2 Å². The van der Waals surface area contributed by atoms with Crippen molar-refractivity contribution < 1.29 is 0 Å². The second kappa shape index (κ2) is 4.91. The fourth-order valence-electron chi connectivity index (χ4n) is 1.89. The van der Waals surface area contributed by atoms with E-state index in [0.29, 0.717) is 17.6 Å². The second-order valence-electron chi connectivity index (χ2n) is 3.82. The first-order chi connectivity index (χ1) is 8.58. The molecule has 0 fully saturated rings. The molecular weight excluding hydrogens is 298 g/mol. The molecule has 94 valence electrons. The summed E-state index contributed by atoms with van der Waals surface area (Å²) in [7, 11) is 1.81. The molecule has 3 N–H and O–H groups in total. The molecular formula is C12H12BrN3O2. The Morgan fingerprint density at radius 3 is 2.67 bits per heavy atom. The van der Waals surface area contributed by atoms with Crippen LogP contribution in [0.4, 0.5) is 0 Å². The van der Waals surface area contributed by atoms with Gasteiger partial charge in [0.15, 0.2) is 0 Å². The van der Waals surface area contributed by atoms with Crippen molar-refractivity contribution in [2.75, 3.05) is 7.05 Å². The fraction of sp³-hybridized carbons (Fsp3) is 0.167. The Morgan fingerprint density at radius 1 is 1.39 bits per heavy atom. The van der Waals surface area contributed by atoms with Gasteiger partial charge in [0.25, 0.3) is 0 Å². The Bertz CT molecular complexity index is 730. The molecule has 0 saturated carbocycles. The highest BCUT2D eigenvalue weighted by Gasteiger charge is 2.11. The lowest BCUT2D eigenvalue weighted by Crippen LogP contribution is -2.29. The zero-order valence-corrected chi connectivity index (χ0v) is 11.3. The van der Waals surface area contributed by atoms with E-state index in [2.05, 4.69) is 37.8 Å². The first kappa shape index (κ1) is 12.8. The summed E-state index contributed by atoms with van der Waals surface area (Å²) in [5, 5.41) is 3.03. The van der Waals surface area contributed by atoms with Gasteiger partial charge in [-0.25, -0.2) is 0 Å². The van der Waals surface area contributed by atoms with Crippen molar-refractivity contribution in [1.29, 1.82) is 0 Å². The molecule has 0 aliphatic rings. The molecule has 5 nitrogen and oxygen atoms in total. The molecule has 1 aromatic carbocycles. The van der Waals surface area contributed by atoms with Gasteiger partial charge in [-0.15, -0.1) is 0 Å². The van der Waals surface area contributed by atoms with Crippen LogP contribution < -0.4 is 16.4 Å². The maximum Gasteiger partial charge on any atom is 0.314 e. The van der Waals surface area contributed by atoms with Crippen LogP contribution in [0.2, 0.25) is 0 Å². The summed E-state index contributed by atoms with van der Waals surface area (Å²) in [4.78, 5) is 27.9.